The summed E-state index contributed by atoms with van der Waals surface area (Å²) in [7, 11) is 0. The molecule has 2 rings (SSSR count). The highest BCUT2D eigenvalue weighted by atomic mass is 16.4. The first-order valence-corrected chi connectivity index (χ1v) is 8.16. The maximum Gasteiger partial charge on any atom is 0.0867 e. The molecule has 1 fully saturated rings. The topological polar surface area (TPSA) is 32.6 Å². The SMILES string of the molecule is CCCCCC(=NO)c1ccc(C2CCCCC2)cc1. The largest absolute Gasteiger partial charge is 0.411 e. The zero-order valence-corrected chi connectivity index (χ0v) is 12.6. The zero-order valence-electron chi connectivity index (χ0n) is 12.6. The summed E-state index contributed by atoms with van der Waals surface area (Å²) < 4.78 is 0. The predicted molar refractivity (Wildman–Crippen MR) is 84.7 cm³/mol. The second-order valence-corrected chi connectivity index (χ2v) is 5.96. The van der Waals surface area contributed by atoms with Crippen LogP contribution in [-0.2, 0) is 0 Å². The van der Waals surface area contributed by atoms with Crippen molar-refractivity contribution in [1.82, 2.24) is 0 Å². The standard InChI is InChI=1S/C18H27NO/c1-2-3-5-10-18(19-20)17-13-11-16(12-14-17)15-8-6-4-7-9-15/h11-15,20H,2-10H2,1H3. The number of nitrogens with zero attached hydrogens (tertiary/aromatic N) is 1. The summed E-state index contributed by atoms with van der Waals surface area (Å²) in [4.78, 5) is 0. The molecule has 0 saturated heterocycles. The molecule has 0 unspecified atom stereocenters. The lowest BCUT2D eigenvalue weighted by molar-refractivity contribution is 0.317. The van der Waals surface area contributed by atoms with Crippen LogP contribution in [0.5, 0.6) is 0 Å². The van der Waals surface area contributed by atoms with Gasteiger partial charge < -0.3 is 5.21 Å². The van der Waals surface area contributed by atoms with E-state index in [1.807, 2.05) is 0 Å². The number of benzene rings is 1. The smallest absolute Gasteiger partial charge is 0.0867 e. The van der Waals surface area contributed by atoms with Crippen LogP contribution in [0, 0.1) is 0 Å². The van der Waals surface area contributed by atoms with Gasteiger partial charge in [0, 0.05) is 0 Å². The summed E-state index contributed by atoms with van der Waals surface area (Å²) in [6.07, 6.45) is 11.1. The average molecular weight is 273 g/mol. The first kappa shape index (κ1) is 15.1. The molecular formula is C18H27NO. The van der Waals surface area contributed by atoms with Crippen LogP contribution in [0.3, 0.4) is 0 Å². The third kappa shape index (κ3) is 4.09. The minimum Gasteiger partial charge on any atom is -0.411 e. The van der Waals surface area contributed by atoms with Crippen molar-refractivity contribution in [2.45, 2.75) is 70.6 Å². The van der Waals surface area contributed by atoms with Crippen LogP contribution in [0.25, 0.3) is 0 Å². The quantitative estimate of drug-likeness (QED) is 0.316. The van der Waals surface area contributed by atoms with Crippen molar-refractivity contribution in [3.05, 3.63) is 35.4 Å². The number of oxime groups is 1. The van der Waals surface area contributed by atoms with Crippen LogP contribution in [0.4, 0.5) is 0 Å². The summed E-state index contributed by atoms with van der Waals surface area (Å²) >= 11 is 0. The molecule has 2 heteroatoms. The average Bonchev–Trinajstić information content (AvgIpc) is 2.53. The lowest BCUT2D eigenvalue weighted by atomic mass is 9.84. The summed E-state index contributed by atoms with van der Waals surface area (Å²) in [6, 6.07) is 8.72. The number of hydrogen-bond donors (Lipinski definition) is 1. The van der Waals surface area contributed by atoms with Crippen LogP contribution in [0.2, 0.25) is 0 Å². The summed E-state index contributed by atoms with van der Waals surface area (Å²) in [6.45, 7) is 2.19. The second-order valence-electron chi connectivity index (χ2n) is 5.96. The lowest BCUT2D eigenvalue weighted by Gasteiger charge is -2.22. The van der Waals surface area contributed by atoms with Crippen molar-refractivity contribution in [2.24, 2.45) is 5.16 Å². The van der Waals surface area contributed by atoms with Gasteiger partial charge in [-0.25, -0.2) is 0 Å². The molecule has 1 aliphatic rings. The van der Waals surface area contributed by atoms with Gasteiger partial charge in [-0.15, -0.1) is 0 Å². The van der Waals surface area contributed by atoms with Crippen molar-refractivity contribution in [2.75, 3.05) is 0 Å². The molecule has 1 N–H and O–H groups in total. The van der Waals surface area contributed by atoms with Gasteiger partial charge in [-0.05, 0) is 42.7 Å². The normalized spacial score (nSPS) is 17.4. The minimum atomic E-state index is 0.743. The predicted octanol–water partition coefficient (Wildman–Crippen LogP) is 5.49. The Morgan fingerprint density at radius 2 is 1.80 bits per heavy atom. The van der Waals surface area contributed by atoms with E-state index in [1.54, 1.807) is 0 Å². The van der Waals surface area contributed by atoms with Gasteiger partial charge >= 0.3 is 0 Å². The molecule has 0 atom stereocenters. The van der Waals surface area contributed by atoms with Crippen molar-refractivity contribution in [3.8, 4) is 0 Å². The zero-order chi connectivity index (χ0) is 14.2. The van der Waals surface area contributed by atoms with Crippen molar-refractivity contribution < 1.29 is 5.21 Å². The maximum absolute atomic E-state index is 9.18. The maximum atomic E-state index is 9.18. The van der Waals surface area contributed by atoms with Gasteiger partial charge in [-0.2, -0.15) is 0 Å². The number of unbranched alkanes of at least 4 members (excludes halogenated alkanes) is 2. The molecule has 0 aliphatic heterocycles. The highest BCUT2D eigenvalue weighted by Gasteiger charge is 2.15. The van der Waals surface area contributed by atoms with Gasteiger partial charge in [-0.3, -0.25) is 0 Å². The lowest BCUT2D eigenvalue weighted by Crippen LogP contribution is -2.06. The van der Waals surface area contributed by atoms with Gasteiger partial charge in [0.15, 0.2) is 0 Å². The molecular weight excluding hydrogens is 246 g/mol. The fraction of sp³-hybridized carbons (Fsp3) is 0.611. The van der Waals surface area contributed by atoms with E-state index in [0.29, 0.717) is 0 Å². The molecule has 1 aromatic rings. The van der Waals surface area contributed by atoms with Crippen molar-refractivity contribution >= 4 is 5.71 Å². The van der Waals surface area contributed by atoms with Crippen molar-refractivity contribution in [1.29, 1.82) is 0 Å². The molecule has 2 nitrogen and oxygen atoms in total. The fourth-order valence-electron chi connectivity index (χ4n) is 3.18. The first-order valence-electron chi connectivity index (χ1n) is 8.16. The Hall–Kier alpha value is -1.31. The number of hydrogen-bond acceptors (Lipinski definition) is 2. The Morgan fingerprint density at radius 3 is 2.40 bits per heavy atom. The molecule has 1 aromatic carbocycles. The van der Waals surface area contributed by atoms with Gasteiger partial charge in [0.1, 0.15) is 0 Å². The molecule has 0 radical (unpaired) electrons. The Bertz CT molecular complexity index is 416. The molecule has 0 aromatic heterocycles. The van der Waals surface area contributed by atoms with E-state index in [-0.39, 0.29) is 0 Å². The fourth-order valence-corrected chi connectivity index (χ4v) is 3.18. The summed E-state index contributed by atoms with van der Waals surface area (Å²) in [5.41, 5.74) is 3.36. The summed E-state index contributed by atoms with van der Waals surface area (Å²) in [5, 5.41) is 12.7. The minimum absolute atomic E-state index is 0.743. The van der Waals surface area contributed by atoms with Gasteiger partial charge in [0.05, 0.1) is 5.71 Å². The Balaban J connectivity index is 1.98. The van der Waals surface area contributed by atoms with Crippen LogP contribution in [0.1, 0.15) is 81.8 Å². The van der Waals surface area contributed by atoms with Crippen LogP contribution in [0.15, 0.2) is 29.4 Å². The van der Waals surface area contributed by atoms with E-state index in [2.05, 4.69) is 36.3 Å². The van der Waals surface area contributed by atoms with E-state index in [4.69, 9.17) is 0 Å². The summed E-state index contributed by atoms with van der Waals surface area (Å²) in [5.74, 6) is 0.743. The molecule has 110 valence electrons. The van der Waals surface area contributed by atoms with E-state index < -0.39 is 0 Å². The molecule has 0 amide bonds. The highest BCUT2D eigenvalue weighted by molar-refractivity contribution is 6.00. The van der Waals surface area contributed by atoms with Crippen LogP contribution in [-0.4, -0.2) is 10.9 Å². The van der Waals surface area contributed by atoms with Gasteiger partial charge in [0.25, 0.3) is 0 Å². The Kier molecular flexibility index (Phi) is 6.10. The van der Waals surface area contributed by atoms with Crippen LogP contribution >= 0.6 is 0 Å². The van der Waals surface area contributed by atoms with E-state index in [1.165, 1.54) is 50.5 Å². The van der Waals surface area contributed by atoms with E-state index >= 15 is 0 Å². The van der Waals surface area contributed by atoms with Gasteiger partial charge in [-0.1, -0.05) is 68.4 Å². The molecule has 0 spiro atoms. The molecule has 20 heavy (non-hydrogen) atoms. The third-order valence-electron chi connectivity index (χ3n) is 4.46. The first-order chi connectivity index (χ1) is 9.85. The molecule has 1 aliphatic carbocycles. The second kappa shape index (κ2) is 8.08. The molecule has 0 bridgehead atoms. The van der Waals surface area contributed by atoms with E-state index in [9.17, 15) is 5.21 Å². The van der Waals surface area contributed by atoms with Gasteiger partial charge in [0.2, 0.25) is 0 Å². The van der Waals surface area contributed by atoms with Crippen LogP contribution < -0.4 is 0 Å². The number of rotatable bonds is 6. The molecule has 1 saturated carbocycles. The Morgan fingerprint density at radius 1 is 1.10 bits per heavy atom. The molecule has 0 heterocycles. The monoisotopic (exact) mass is 273 g/mol. The van der Waals surface area contributed by atoms with Crippen molar-refractivity contribution in [3.63, 3.8) is 0 Å². The third-order valence-corrected chi connectivity index (χ3v) is 4.46. The Labute approximate surface area is 122 Å². The van der Waals surface area contributed by atoms with E-state index in [0.717, 1.165) is 30.0 Å². The highest BCUT2D eigenvalue weighted by Crippen LogP contribution is 2.32.